The van der Waals surface area contributed by atoms with Gasteiger partial charge in [-0.25, -0.2) is 4.79 Å². The van der Waals surface area contributed by atoms with Gasteiger partial charge in [0.25, 0.3) is 0 Å². The first-order valence-electron chi connectivity index (χ1n) is 5.78. The van der Waals surface area contributed by atoms with E-state index in [-0.39, 0.29) is 6.03 Å². The predicted molar refractivity (Wildman–Crippen MR) is 67.0 cm³/mol. The number of nitrogens with one attached hydrogen (secondary N) is 2. The lowest BCUT2D eigenvalue weighted by molar-refractivity contribution is 0.241. The van der Waals surface area contributed by atoms with Crippen molar-refractivity contribution >= 4 is 17.0 Å². The van der Waals surface area contributed by atoms with Crippen molar-refractivity contribution in [3.63, 3.8) is 0 Å². The summed E-state index contributed by atoms with van der Waals surface area (Å²) in [5.74, 6) is 0.892. The smallest absolute Gasteiger partial charge is 0.314 e. The second-order valence-corrected chi connectivity index (χ2v) is 3.79. The summed E-state index contributed by atoms with van der Waals surface area (Å²) in [6.45, 7) is 3.10. The largest absolute Gasteiger partial charge is 0.461 e. The molecule has 0 saturated heterocycles. The van der Waals surface area contributed by atoms with Crippen molar-refractivity contribution in [2.24, 2.45) is 0 Å². The Kier molecular flexibility index (Phi) is 3.65. The van der Waals surface area contributed by atoms with Gasteiger partial charge in [-0.3, -0.25) is 0 Å². The van der Waals surface area contributed by atoms with E-state index >= 15 is 0 Å². The van der Waals surface area contributed by atoms with Crippen molar-refractivity contribution < 1.29 is 9.21 Å². The third kappa shape index (κ3) is 3.00. The Morgan fingerprint density at radius 2 is 2.12 bits per heavy atom. The second kappa shape index (κ2) is 5.39. The third-order valence-corrected chi connectivity index (χ3v) is 2.47. The first-order valence-corrected chi connectivity index (χ1v) is 5.78. The molecule has 1 aromatic heterocycles. The van der Waals surface area contributed by atoms with Crippen molar-refractivity contribution in [1.82, 2.24) is 10.6 Å². The Balaban J connectivity index is 1.89. The highest BCUT2D eigenvalue weighted by Gasteiger charge is 2.03. The molecule has 2 amide bonds. The summed E-state index contributed by atoms with van der Waals surface area (Å²) in [5, 5.41) is 6.54. The number of rotatable bonds is 4. The minimum atomic E-state index is -0.136. The lowest BCUT2D eigenvalue weighted by Gasteiger charge is -2.03. The van der Waals surface area contributed by atoms with E-state index in [1.807, 2.05) is 37.3 Å². The Morgan fingerprint density at radius 3 is 2.88 bits per heavy atom. The van der Waals surface area contributed by atoms with Crippen molar-refractivity contribution in [2.45, 2.75) is 13.3 Å². The zero-order valence-electron chi connectivity index (χ0n) is 9.82. The lowest BCUT2D eigenvalue weighted by atomic mass is 10.2. The van der Waals surface area contributed by atoms with E-state index in [9.17, 15) is 4.79 Å². The van der Waals surface area contributed by atoms with Gasteiger partial charge in [0, 0.05) is 24.9 Å². The molecule has 1 heterocycles. The molecule has 4 heteroatoms. The number of para-hydroxylation sites is 1. The Hall–Kier alpha value is -1.97. The number of carbonyl (C=O) groups is 1. The molecule has 0 fully saturated rings. The maximum Gasteiger partial charge on any atom is 0.314 e. The number of fused-ring (bicyclic) bond motifs is 1. The Bertz CT molecular complexity index is 472. The average Bonchev–Trinajstić information content (AvgIpc) is 2.71. The Morgan fingerprint density at radius 1 is 1.29 bits per heavy atom. The fraction of sp³-hybridized carbons (Fsp3) is 0.308. The van der Waals surface area contributed by atoms with Crippen LogP contribution in [-0.4, -0.2) is 19.1 Å². The van der Waals surface area contributed by atoms with Gasteiger partial charge < -0.3 is 15.1 Å². The Labute approximate surface area is 100.0 Å². The molecule has 0 aliphatic rings. The highest BCUT2D eigenvalue weighted by atomic mass is 16.3. The maximum absolute atomic E-state index is 11.2. The molecule has 2 N–H and O–H groups in total. The SMILES string of the molecule is CCNC(=O)NCCc1cc2ccccc2o1. The molecule has 90 valence electrons. The third-order valence-electron chi connectivity index (χ3n) is 2.47. The summed E-state index contributed by atoms with van der Waals surface area (Å²) >= 11 is 0. The van der Waals surface area contributed by atoms with E-state index in [0.29, 0.717) is 19.5 Å². The van der Waals surface area contributed by atoms with Crippen LogP contribution in [0.15, 0.2) is 34.7 Å². The van der Waals surface area contributed by atoms with E-state index < -0.39 is 0 Å². The van der Waals surface area contributed by atoms with Crippen LogP contribution in [0, 0.1) is 0 Å². The van der Waals surface area contributed by atoms with Crippen LogP contribution < -0.4 is 10.6 Å². The molecule has 0 spiro atoms. The number of hydrogen-bond acceptors (Lipinski definition) is 2. The summed E-state index contributed by atoms with van der Waals surface area (Å²) in [4.78, 5) is 11.2. The van der Waals surface area contributed by atoms with E-state index in [2.05, 4.69) is 10.6 Å². The number of furan rings is 1. The first-order chi connectivity index (χ1) is 8.29. The molecule has 4 nitrogen and oxygen atoms in total. The molecule has 17 heavy (non-hydrogen) atoms. The van der Waals surface area contributed by atoms with Gasteiger partial charge in [0.15, 0.2) is 0 Å². The van der Waals surface area contributed by atoms with E-state index in [4.69, 9.17) is 4.42 Å². The maximum atomic E-state index is 11.2. The number of amides is 2. The van der Waals surface area contributed by atoms with Crippen molar-refractivity contribution in [3.8, 4) is 0 Å². The van der Waals surface area contributed by atoms with Crippen LogP contribution in [0.3, 0.4) is 0 Å². The summed E-state index contributed by atoms with van der Waals surface area (Å²) in [6.07, 6.45) is 0.700. The molecule has 0 radical (unpaired) electrons. The summed E-state index contributed by atoms with van der Waals surface area (Å²) in [7, 11) is 0. The average molecular weight is 232 g/mol. The standard InChI is InChI=1S/C13H16N2O2/c1-2-14-13(16)15-8-7-11-9-10-5-3-4-6-12(10)17-11/h3-6,9H,2,7-8H2,1H3,(H2,14,15,16). The van der Waals surface area contributed by atoms with Gasteiger partial charge in [-0.1, -0.05) is 18.2 Å². The summed E-state index contributed by atoms with van der Waals surface area (Å²) in [6, 6.07) is 9.75. The lowest BCUT2D eigenvalue weighted by Crippen LogP contribution is -2.36. The van der Waals surface area contributed by atoms with Gasteiger partial charge in [-0.15, -0.1) is 0 Å². The van der Waals surface area contributed by atoms with Crippen LogP contribution in [0.1, 0.15) is 12.7 Å². The molecule has 0 atom stereocenters. The van der Waals surface area contributed by atoms with Crippen LogP contribution in [-0.2, 0) is 6.42 Å². The molecule has 0 saturated carbocycles. The van der Waals surface area contributed by atoms with Crippen molar-refractivity contribution in [1.29, 1.82) is 0 Å². The van der Waals surface area contributed by atoms with Crippen molar-refractivity contribution in [2.75, 3.05) is 13.1 Å². The molecule has 0 aliphatic carbocycles. The predicted octanol–water partition coefficient (Wildman–Crippen LogP) is 2.29. The minimum Gasteiger partial charge on any atom is -0.461 e. The normalized spacial score (nSPS) is 10.4. The fourth-order valence-corrected chi connectivity index (χ4v) is 1.68. The number of benzene rings is 1. The van der Waals surface area contributed by atoms with E-state index in [0.717, 1.165) is 16.7 Å². The van der Waals surface area contributed by atoms with Crippen LogP contribution >= 0.6 is 0 Å². The van der Waals surface area contributed by atoms with Crippen LogP contribution in [0.4, 0.5) is 4.79 Å². The van der Waals surface area contributed by atoms with Gasteiger partial charge in [0.1, 0.15) is 11.3 Å². The molecule has 2 rings (SSSR count). The van der Waals surface area contributed by atoms with E-state index in [1.165, 1.54) is 0 Å². The van der Waals surface area contributed by atoms with Crippen LogP contribution in [0.5, 0.6) is 0 Å². The quantitative estimate of drug-likeness (QED) is 0.849. The fourth-order valence-electron chi connectivity index (χ4n) is 1.68. The summed E-state index contributed by atoms with van der Waals surface area (Å²) in [5.41, 5.74) is 0.889. The van der Waals surface area contributed by atoms with Crippen LogP contribution in [0.25, 0.3) is 11.0 Å². The van der Waals surface area contributed by atoms with Gasteiger partial charge in [0.2, 0.25) is 0 Å². The van der Waals surface area contributed by atoms with Crippen molar-refractivity contribution in [3.05, 3.63) is 36.1 Å². The minimum absolute atomic E-state index is 0.136. The topological polar surface area (TPSA) is 54.3 Å². The molecular formula is C13H16N2O2. The molecule has 0 aliphatic heterocycles. The first kappa shape index (κ1) is 11.5. The molecule has 0 bridgehead atoms. The van der Waals surface area contributed by atoms with Gasteiger partial charge in [-0.2, -0.15) is 0 Å². The highest BCUT2D eigenvalue weighted by Crippen LogP contribution is 2.18. The zero-order valence-corrected chi connectivity index (χ0v) is 9.82. The number of hydrogen-bond donors (Lipinski definition) is 2. The van der Waals surface area contributed by atoms with Gasteiger partial charge in [0.05, 0.1) is 0 Å². The number of urea groups is 1. The van der Waals surface area contributed by atoms with E-state index in [1.54, 1.807) is 0 Å². The second-order valence-electron chi connectivity index (χ2n) is 3.79. The van der Waals surface area contributed by atoms with Gasteiger partial charge in [-0.05, 0) is 19.1 Å². The molecule has 1 aromatic carbocycles. The highest BCUT2D eigenvalue weighted by molar-refractivity contribution is 5.77. The molecular weight excluding hydrogens is 216 g/mol. The molecule has 2 aromatic rings. The zero-order chi connectivity index (χ0) is 12.1. The van der Waals surface area contributed by atoms with Crippen LogP contribution in [0.2, 0.25) is 0 Å². The monoisotopic (exact) mass is 232 g/mol. The number of carbonyl (C=O) groups excluding carboxylic acids is 1. The molecule has 0 unspecified atom stereocenters. The van der Waals surface area contributed by atoms with Gasteiger partial charge >= 0.3 is 6.03 Å². The summed E-state index contributed by atoms with van der Waals surface area (Å²) < 4.78 is 5.64.